The molecule has 2 aromatic carbocycles. The molecule has 4 aromatic rings. The standard InChI is InChI=1S/C25H29N7/c1-18-9-10-21(15-19(18)2)27-23-22-16-26-30(3)24(22)29-25(28-23)32-13-11-31(12-14-32)17-20-7-5-4-6-8-20/h4-10,15-16H,11-14,17H2,1-3H3,(H,27,28,29). The first kappa shape index (κ1) is 20.5. The van der Waals surface area contributed by atoms with Crippen molar-refractivity contribution in [3.8, 4) is 0 Å². The first-order chi connectivity index (χ1) is 15.6. The summed E-state index contributed by atoms with van der Waals surface area (Å²) in [6.45, 7) is 9.01. The molecular formula is C25H29N7. The van der Waals surface area contributed by atoms with Gasteiger partial charge in [-0.25, -0.2) is 0 Å². The van der Waals surface area contributed by atoms with Gasteiger partial charge in [0.1, 0.15) is 5.82 Å². The first-order valence-electron chi connectivity index (χ1n) is 11.1. The molecule has 1 fully saturated rings. The molecule has 1 aliphatic rings. The minimum absolute atomic E-state index is 0.756. The van der Waals surface area contributed by atoms with Gasteiger partial charge in [0.05, 0.1) is 11.6 Å². The quantitative estimate of drug-likeness (QED) is 0.519. The van der Waals surface area contributed by atoms with Crippen LogP contribution in [0.25, 0.3) is 11.0 Å². The van der Waals surface area contributed by atoms with Crippen LogP contribution in [0.1, 0.15) is 16.7 Å². The number of benzene rings is 2. The van der Waals surface area contributed by atoms with Gasteiger partial charge in [0, 0.05) is 45.5 Å². The van der Waals surface area contributed by atoms with E-state index in [0.29, 0.717) is 0 Å². The Hall–Kier alpha value is -3.45. The van der Waals surface area contributed by atoms with Crippen molar-refractivity contribution >= 4 is 28.5 Å². The van der Waals surface area contributed by atoms with Gasteiger partial charge in [-0.2, -0.15) is 15.1 Å². The SMILES string of the molecule is Cc1ccc(Nc2nc(N3CCN(Cc4ccccc4)CC3)nc3c2cnn3C)cc1C. The maximum Gasteiger partial charge on any atom is 0.229 e. The Morgan fingerprint density at radius 3 is 2.44 bits per heavy atom. The molecule has 1 saturated heterocycles. The number of piperazine rings is 1. The van der Waals surface area contributed by atoms with Crippen LogP contribution in [-0.2, 0) is 13.6 Å². The lowest BCUT2D eigenvalue weighted by atomic mass is 10.1. The smallest absolute Gasteiger partial charge is 0.229 e. The molecule has 0 spiro atoms. The second-order valence-corrected chi connectivity index (χ2v) is 8.55. The van der Waals surface area contributed by atoms with E-state index >= 15 is 0 Å². The maximum atomic E-state index is 4.93. The Balaban J connectivity index is 1.37. The lowest BCUT2D eigenvalue weighted by Crippen LogP contribution is -2.46. The van der Waals surface area contributed by atoms with Crippen LogP contribution in [0.3, 0.4) is 0 Å². The predicted molar refractivity (Wildman–Crippen MR) is 129 cm³/mol. The summed E-state index contributed by atoms with van der Waals surface area (Å²) in [5, 5.41) is 8.86. The zero-order valence-corrected chi connectivity index (χ0v) is 18.9. The highest BCUT2D eigenvalue weighted by Crippen LogP contribution is 2.27. The van der Waals surface area contributed by atoms with Crippen LogP contribution in [0.2, 0.25) is 0 Å². The Bertz CT molecular complexity index is 1220. The number of nitrogens with one attached hydrogen (secondary N) is 1. The molecule has 1 aliphatic heterocycles. The van der Waals surface area contributed by atoms with Gasteiger partial charge in [0.25, 0.3) is 0 Å². The second kappa shape index (κ2) is 8.59. The number of hydrogen-bond donors (Lipinski definition) is 1. The second-order valence-electron chi connectivity index (χ2n) is 8.55. The summed E-state index contributed by atoms with van der Waals surface area (Å²) in [6, 6.07) is 17.0. The molecule has 0 radical (unpaired) electrons. The van der Waals surface area contributed by atoms with E-state index < -0.39 is 0 Å². The van der Waals surface area contributed by atoms with E-state index in [4.69, 9.17) is 9.97 Å². The fraction of sp³-hybridized carbons (Fsp3) is 0.320. The topological polar surface area (TPSA) is 62.1 Å². The Labute approximate surface area is 188 Å². The lowest BCUT2D eigenvalue weighted by molar-refractivity contribution is 0.249. The van der Waals surface area contributed by atoms with Gasteiger partial charge in [-0.3, -0.25) is 9.58 Å². The highest BCUT2D eigenvalue weighted by atomic mass is 15.4. The number of fused-ring (bicyclic) bond motifs is 1. The van der Waals surface area contributed by atoms with Crippen LogP contribution < -0.4 is 10.2 Å². The summed E-state index contributed by atoms with van der Waals surface area (Å²) in [7, 11) is 1.93. The fourth-order valence-corrected chi connectivity index (χ4v) is 4.15. The van der Waals surface area contributed by atoms with Gasteiger partial charge < -0.3 is 10.2 Å². The summed E-state index contributed by atoms with van der Waals surface area (Å²) in [5.74, 6) is 1.56. The van der Waals surface area contributed by atoms with Crippen molar-refractivity contribution in [2.45, 2.75) is 20.4 Å². The maximum absolute atomic E-state index is 4.93. The van der Waals surface area contributed by atoms with Crippen LogP contribution in [0.5, 0.6) is 0 Å². The minimum Gasteiger partial charge on any atom is -0.339 e. The molecule has 32 heavy (non-hydrogen) atoms. The monoisotopic (exact) mass is 427 g/mol. The number of aromatic nitrogens is 4. The van der Waals surface area contributed by atoms with Crippen LogP contribution in [0, 0.1) is 13.8 Å². The fourth-order valence-electron chi connectivity index (χ4n) is 4.15. The van der Waals surface area contributed by atoms with Gasteiger partial charge in [0.15, 0.2) is 5.65 Å². The van der Waals surface area contributed by atoms with E-state index in [1.807, 2.05) is 17.9 Å². The number of aryl methyl sites for hydroxylation is 3. The van der Waals surface area contributed by atoms with Crippen LogP contribution in [0.15, 0.2) is 54.7 Å². The molecule has 2 aromatic heterocycles. The van der Waals surface area contributed by atoms with E-state index in [1.54, 1.807) is 0 Å². The van der Waals surface area contributed by atoms with Crippen LogP contribution >= 0.6 is 0 Å². The molecule has 0 saturated carbocycles. The molecule has 0 bridgehead atoms. The van der Waals surface area contributed by atoms with Gasteiger partial charge >= 0.3 is 0 Å². The predicted octanol–water partition coefficient (Wildman–Crippen LogP) is 4.05. The van der Waals surface area contributed by atoms with Crippen LogP contribution in [-0.4, -0.2) is 50.8 Å². The summed E-state index contributed by atoms with van der Waals surface area (Å²) < 4.78 is 1.82. The lowest BCUT2D eigenvalue weighted by Gasteiger charge is -2.34. The summed E-state index contributed by atoms with van der Waals surface area (Å²) >= 11 is 0. The van der Waals surface area contributed by atoms with Crippen molar-refractivity contribution in [2.24, 2.45) is 7.05 Å². The summed E-state index contributed by atoms with van der Waals surface area (Å²) in [5.41, 5.74) is 5.75. The minimum atomic E-state index is 0.756. The van der Waals surface area contributed by atoms with Gasteiger partial charge in [-0.05, 0) is 42.7 Å². The van der Waals surface area contributed by atoms with Crippen LogP contribution in [0.4, 0.5) is 17.5 Å². The van der Waals surface area contributed by atoms with E-state index in [0.717, 1.165) is 61.2 Å². The van der Waals surface area contributed by atoms with E-state index in [2.05, 4.69) is 82.6 Å². The van der Waals surface area contributed by atoms with Crippen molar-refractivity contribution < 1.29 is 0 Å². The van der Waals surface area contributed by atoms with Gasteiger partial charge in [0.2, 0.25) is 5.95 Å². The van der Waals surface area contributed by atoms with Gasteiger partial charge in [-0.1, -0.05) is 36.4 Å². The third-order valence-corrected chi connectivity index (χ3v) is 6.25. The van der Waals surface area contributed by atoms with Crippen molar-refractivity contribution in [3.63, 3.8) is 0 Å². The number of anilines is 3. The zero-order chi connectivity index (χ0) is 22.1. The third-order valence-electron chi connectivity index (χ3n) is 6.25. The average molecular weight is 428 g/mol. The molecule has 1 N–H and O–H groups in total. The zero-order valence-electron chi connectivity index (χ0n) is 18.9. The third kappa shape index (κ3) is 4.16. The van der Waals surface area contributed by atoms with Crippen molar-refractivity contribution in [3.05, 3.63) is 71.4 Å². The molecule has 3 heterocycles. The van der Waals surface area contributed by atoms with Gasteiger partial charge in [-0.15, -0.1) is 0 Å². The number of rotatable bonds is 5. The number of nitrogens with zero attached hydrogens (tertiary/aromatic N) is 6. The molecule has 0 aliphatic carbocycles. The molecule has 164 valence electrons. The van der Waals surface area contributed by atoms with Crippen molar-refractivity contribution in [1.82, 2.24) is 24.6 Å². The van der Waals surface area contributed by atoms with E-state index in [9.17, 15) is 0 Å². The number of hydrogen-bond acceptors (Lipinski definition) is 6. The Kier molecular flexibility index (Phi) is 5.49. The molecule has 0 amide bonds. The Morgan fingerprint density at radius 2 is 1.69 bits per heavy atom. The van der Waals surface area contributed by atoms with Crippen molar-refractivity contribution in [1.29, 1.82) is 0 Å². The largest absolute Gasteiger partial charge is 0.339 e. The van der Waals surface area contributed by atoms with Crippen molar-refractivity contribution in [2.75, 3.05) is 36.4 Å². The molecule has 7 heteroatoms. The summed E-state index contributed by atoms with van der Waals surface area (Å²) in [6.07, 6.45) is 1.83. The normalized spacial score (nSPS) is 14.8. The Morgan fingerprint density at radius 1 is 0.906 bits per heavy atom. The molecule has 0 unspecified atom stereocenters. The van der Waals surface area contributed by atoms with E-state index in [-0.39, 0.29) is 0 Å². The molecular weight excluding hydrogens is 398 g/mol. The van der Waals surface area contributed by atoms with E-state index in [1.165, 1.54) is 16.7 Å². The highest BCUT2D eigenvalue weighted by molar-refractivity contribution is 5.89. The summed E-state index contributed by atoms with van der Waals surface area (Å²) in [4.78, 5) is 14.6. The highest BCUT2D eigenvalue weighted by Gasteiger charge is 2.21. The molecule has 0 atom stereocenters. The molecule has 7 nitrogen and oxygen atoms in total. The first-order valence-corrected chi connectivity index (χ1v) is 11.1. The molecule has 5 rings (SSSR count). The average Bonchev–Trinajstić information content (AvgIpc) is 3.18.